The number of benzene rings is 1. The molecule has 1 N–H and O–H groups in total. The Morgan fingerprint density at radius 2 is 1.90 bits per heavy atom. The summed E-state index contributed by atoms with van der Waals surface area (Å²) in [6.45, 7) is 3.40. The zero-order valence-corrected chi connectivity index (χ0v) is 11.7. The maximum Gasteiger partial charge on any atom is 0.313 e. The van der Waals surface area contributed by atoms with Crippen molar-refractivity contribution in [2.75, 3.05) is 32.8 Å². The molecule has 1 aromatic carbocycles. The van der Waals surface area contributed by atoms with Crippen LogP contribution in [0.25, 0.3) is 0 Å². The monoisotopic (exact) mass is 275 g/mol. The van der Waals surface area contributed by atoms with Crippen LogP contribution in [0.1, 0.15) is 17.5 Å². The summed E-state index contributed by atoms with van der Waals surface area (Å²) >= 11 is 0. The summed E-state index contributed by atoms with van der Waals surface area (Å²) < 4.78 is 5.35. The van der Waals surface area contributed by atoms with E-state index in [2.05, 4.69) is 29.2 Å². The Bertz CT molecular complexity index is 467. The Balaban J connectivity index is 1.69. The maximum absolute atomic E-state index is 11.6. The molecule has 4 heteroatoms. The number of aliphatic carboxylic acids is 1. The average Bonchev–Trinajstić information content (AvgIpc) is 2.83. The molecule has 0 saturated carbocycles. The van der Waals surface area contributed by atoms with Gasteiger partial charge in [-0.05, 0) is 30.4 Å². The van der Waals surface area contributed by atoms with Crippen molar-refractivity contribution >= 4 is 5.97 Å². The summed E-state index contributed by atoms with van der Waals surface area (Å²) in [4.78, 5) is 13.9. The number of carboxylic acids is 1. The topological polar surface area (TPSA) is 49.8 Å². The van der Waals surface area contributed by atoms with Gasteiger partial charge in [-0.2, -0.15) is 0 Å². The SMILES string of the molecule is O=C(O)C1(CN2CCc3ccccc3CC2)CCOC1. The van der Waals surface area contributed by atoms with Crippen LogP contribution in [0.3, 0.4) is 0 Å². The van der Waals surface area contributed by atoms with Crippen LogP contribution >= 0.6 is 0 Å². The van der Waals surface area contributed by atoms with Gasteiger partial charge >= 0.3 is 5.97 Å². The zero-order chi connectivity index (χ0) is 14.0. The fourth-order valence-electron chi connectivity index (χ4n) is 3.27. The molecule has 0 radical (unpaired) electrons. The standard InChI is InChI=1S/C16H21NO3/c18-15(19)16(7-10-20-12-16)11-17-8-5-13-3-1-2-4-14(13)6-9-17/h1-4H,5-12H2,(H,18,19). The summed E-state index contributed by atoms with van der Waals surface area (Å²) in [7, 11) is 0. The van der Waals surface area contributed by atoms with Crippen molar-refractivity contribution in [3.8, 4) is 0 Å². The number of nitrogens with zero attached hydrogens (tertiary/aromatic N) is 1. The third-order valence-electron chi connectivity index (χ3n) is 4.60. The molecule has 20 heavy (non-hydrogen) atoms. The van der Waals surface area contributed by atoms with Crippen LogP contribution in [0.4, 0.5) is 0 Å². The van der Waals surface area contributed by atoms with E-state index in [0.29, 0.717) is 26.2 Å². The Labute approximate surface area is 119 Å². The van der Waals surface area contributed by atoms with E-state index in [9.17, 15) is 9.90 Å². The van der Waals surface area contributed by atoms with E-state index in [1.165, 1.54) is 11.1 Å². The summed E-state index contributed by atoms with van der Waals surface area (Å²) in [6, 6.07) is 8.53. The van der Waals surface area contributed by atoms with Crippen LogP contribution in [0.2, 0.25) is 0 Å². The number of hydrogen-bond acceptors (Lipinski definition) is 3. The molecular formula is C16H21NO3. The normalized spacial score (nSPS) is 27.0. The number of carboxylic acid groups (broad SMARTS) is 1. The minimum atomic E-state index is -0.711. The van der Waals surface area contributed by atoms with Crippen molar-refractivity contribution in [2.24, 2.45) is 5.41 Å². The fraction of sp³-hybridized carbons (Fsp3) is 0.562. The second-order valence-corrected chi connectivity index (χ2v) is 5.93. The second kappa shape index (κ2) is 5.54. The van der Waals surface area contributed by atoms with E-state index in [0.717, 1.165) is 25.9 Å². The van der Waals surface area contributed by atoms with Gasteiger partial charge in [-0.1, -0.05) is 24.3 Å². The van der Waals surface area contributed by atoms with E-state index >= 15 is 0 Å². The summed E-state index contributed by atoms with van der Waals surface area (Å²) in [6.07, 6.45) is 2.64. The van der Waals surface area contributed by atoms with Gasteiger partial charge in [0, 0.05) is 26.2 Å². The highest BCUT2D eigenvalue weighted by molar-refractivity contribution is 5.75. The van der Waals surface area contributed by atoms with E-state index < -0.39 is 11.4 Å². The van der Waals surface area contributed by atoms with Crippen LogP contribution in [0.5, 0.6) is 0 Å². The highest BCUT2D eigenvalue weighted by atomic mass is 16.5. The van der Waals surface area contributed by atoms with Gasteiger partial charge in [-0.15, -0.1) is 0 Å². The van der Waals surface area contributed by atoms with E-state index in [-0.39, 0.29) is 0 Å². The van der Waals surface area contributed by atoms with Gasteiger partial charge in [-0.25, -0.2) is 0 Å². The second-order valence-electron chi connectivity index (χ2n) is 5.93. The molecule has 1 aromatic rings. The van der Waals surface area contributed by atoms with Crippen molar-refractivity contribution < 1.29 is 14.6 Å². The maximum atomic E-state index is 11.6. The predicted octanol–water partition coefficient (Wildman–Crippen LogP) is 1.58. The zero-order valence-electron chi connectivity index (χ0n) is 11.7. The van der Waals surface area contributed by atoms with E-state index in [1.807, 2.05) is 0 Å². The van der Waals surface area contributed by atoms with Crippen molar-refractivity contribution in [3.05, 3.63) is 35.4 Å². The molecule has 0 aromatic heterocycles. The lowest BCUT2D eigenvalue weighted by atomic mass is 9.86. The van der Waals surface area contributed by atoms with Gasteiger partial charge in [0.2, 0.25) is 0 Å². The molecule has 0 spiro atoms. The van der Waals surface area contributed by atoms with Crippen molar-refractivity contribution in [3.63, 3.8) is 0 Å². The number of ether oxygens (including phenoxy) is 1. The lowest BCUT2D eigenvalue weighted by Crippen LogP contribution is -2.44. The molecular weight excluding hydrogens is 254 g/mol. The molecule has 108 valence electrons. The summed E-state index contributed by atoms with van der Waals surface area (Å²) in [5.41, 5.74) is 2.11. The van der Waals surface area contributed by atoms with Crippen molar-refractivity contribution in [1.82, 2.24) is 4.90 Å². The largest absolute Gasteiger partial charge is 0.481 e. The molecule has 1 unspecified atom stereocenters. The first kappa shape index (κ1) is 13.6. The highest BCUT2D eigenvalue weighted by Gasteiger charge is 2.43. The van der Waals surface area contributed by atoms with E-state index in [1.54, 1.807) is 0 Å². The van der Waals surface area contributed by atoms with Gasteiger partial charge in [0.05, 0.1) is 6.61 Å². The minimum absolute atomic E-state index is 0.353. The molecule has 2 aliphatic heterocycles. The molecule has 4 nitrogen and oxygen atoms in total. The molecule has 1 saturated heterocycles. The quantitative estimate of drug-likeness (QED) is 0.910. The van der Waals surface area contributed by atoms with Crippen LogP contribution in [0, 0.1) is 5.41 Å². The summed E-state index contributed by atoms with van der Waals surface area (Å²) in [5.74, 6) is -0.711. The Morgan fingerprint density at radius 1 is 1.25 bits per heavy atom. The van der Waals surface area contributed by atoms with Crippen molar-refractivity contribution in [2.45, 2.75) is 19.3 Å². The molecule has 1 atom stereocenters. The van der Waals surface area contributed by atoms with Crippen LogP contribution in [-0.4, -0.2) is 48.8 Å². The molecule has 0 amide bonds. The van der Waals surface area contributed by atoms with Gasteiger partial charge in [0.1, 0.15) is 5.41 Å². The summed E-state index contributed by atoms with van der Waals surface area (Å²) in [5, 5.41) is 9.53. The smallest absolute Gasteiger partial charge is 0.313 e. The molecule has 3 rings (SSSR count). The Kier molecular flexibility index (Phi) is 3.76. The van der Waals surface area contributed by atoms with Crippen LogP contribution in [0.15, 0.2) is 24.3 Å². The molecule has 2 heterocycles. The van der Waals surface area contributed by atoms with Gasteiger partial charge in [-0.3, -0.25) is 4.79 Å². The Morgan fingerprint density at radius 3 is 2.40 bits per heavy atom. The lowest BCUT2D eigenvalue weighted by Gasteiger charge is -2.30. The van der Waals surface area contributed by atoms with Crippen LogP contribution < -0.4 is 0 Å². The number of fused-ring (bicyclic) bond motifs is 1. The molecule has 1 fully saturated rings. The van der Waals surface area contributed by atoms with Gasteiger partial charge in [0.25, 0.3) is 0 Å². The molecule has 0 bridgehead atoms. The average molecular weight is 275 g/mol. The number of hydrogen-bond donors (Lipinski definition) is 1. The lowest BCUT2D eigenvalue weighted by molar-refractivity contribution is -0.150. The first-order chi connectivity index (χ1) is 9.70. The fourth-order valence-corrected chi connectivity index (χ4v) is 3.27. The predicted molar refractivity (Wildman–Crippen MR) is 75.8 cm³/mol. The third-order valence-corrected chi connectivity index (χ3v) is 4.60. The minimum Gasteiger partial charge on any atom is -0.481 e. The first-order valence-corrected chi connectivity index (χ1v) is 7.30. The van der Waals surface area contributed by atoms with Crippen LogP contribution in [-0.2, 0) is 22.4 Å². The molecule has 0 aliphatic carbocycles. The first-order valence-electron chi connectivity index (χ1n) is 7.30. The van der Waals surface area contributed by atoms with Gasteiger partial charge < -0.3 is 14.7 Å². The highest BCUT2D eigenvalue weighted by Crippen LogP contribution is 2.31. The van der Waals surface area contributed by atoms with E-state index in [4.69, 9.17) is 4.74 Å². The van der Waals surface area contributed by atoms with Crippen molar-refractivity contribution in [1.29, 1.82) is 0 Å². The number of carbonyl (C=O) groups is 1. The van der Waals surface area contributed by atoms with Gasteiger partial charge in [0.15, 0.2) is 0 Å². The number of rotatable bonds is 3. The molecule has 2 aliphatic rings. The Hall–Kier alpha value is -1.39. The third kappa shape index (κ3) is 2.58.